The minimum absolute atomic E-state index is 0. The summed E-state index contributed by atoms with van der Waals surface area (Å²) in [7, 11) is 0. The summed E-state index contributed by atoms with van der Waals surface area (Å²) in [6.07, 6.45) is 22.1. The fraction of sp³-hybridized carbons (Fsp3) is 0.368. The fourth-order valence-corrected chi connectivity index (χ4v) is 2.47. The molecular formula is C19H22FeO. The Hall–Kier alpha value is -1.00. The van der Waals surface area contributed by atoms with Crippen LogP contribution in [0.3, 0.4) is 0 Å². The van der Waals surface area contributed by atoms with Gasteiger partial charge in [0.25, 0.3) is 0 Å². The van der Waals surface area contributed by atoms with Crippen molar-refractivity contribution in [3.05, 3.63) is 60.9 Å². The van der Waals surface area contributed by atoms with Crippen molar-refractivity contribution in [1.29, 1.82) is 0 Å². The van der Waals surface area contributed by atoms with Gasteiger partial charge < -0.3 is 5.11 Å². The van der Waals surface area contributed by atoms with Crippen molar-refractivity contribution in [3.8, 4) is 11.8 Å². The van der Waals surface area contributed by atoms with Gasteiger partial charge in [0.05, 0.1) is 0 Å². The molecule has 0 aromatic rings. The zero-order valence-electron chi connectivity index (χ0n) is 12.4. The monoisotopic (exact) mass is 322 g/mol. The Balaban J connectivity index is 0.000000313. The van der Waals surface area contributed by atoms with Gasteiger partial charge in [-0.15, -0.1) is 0 Å². The normalized spacial score (nSPS) is 28.9. The number of allylic oxidation sites excluding steroid dienone is 8. The molecule has 112 valence electrons. The van der Waals surface area contributed by atoms with Crippen LogP contribution in [-0.2, 0) is 17.1 Å². The maximum absolute atomic E-state index is 10.4. The van der Waals surface area contributed by atoms with Crippen LogP contribution in [0.1, 0.15) is 32.6 Å². The van der Waals surface area contributed by atoms with Gasteiger partial charge in [-0.1, -0.05) is 67.7 Å². The van der Waals surface area contributed by atoms with E-state index in [1.807, 2.05) is 55.4 Å². The second-order valence-corrected chi connectivity index (χ2v) is 5.46. The van der Waals surface area contributed by atoms with Gasteiger partial charge in [0, 0.05) is 35.5 Å². The third-order valence-corrected chi connectivity index (χ3v) is 3.90. The molecule has 0 aromatic heterocycles. The average molecular weight is 322 g/mol. The van der Waals surface area contributed by atoms with E-state index < -0.39 is 5.60 Å². The summed E-state index contributed by atoms with van der Waals surface area (Å²) in [5.74, 6) is 6.42. The summed E-state index contributed by atoms with van der Waals surface area (Å²) in [6, 6.07) is 0. The largest absolute Gasteiger partial charge is 0.377 e. The second kappa shape index (κ2) is 9.11. The standard InChI is InChI=1S/C14H17O.C5H5.Fe/c1-12-6-4-5-10-14(12,15)11-9-13-7-2-3-8-13;1-2-4-5-3-1;/h2-3,7-8,12,15H,4-6,10H2,1H3;1-5H;. The predicted octanol–water partition coefficient (Wildman–Crippen LogP) is 3.95. The molecule has 21 heavy (non-hydrogen) atoms. The Kier molecular flexibility index (Phi) is 7.83. The van der Waals surface area contributed by atoms with Crippen molar-refractivity contribution in [2.24, 2.45) is 5.92 Å². The summed E-state index contributed by atoms with van der Waals surface area (Å²) in [5.41, 5.74) is 0.247. The molecule has 0 saturated heterocycles. The third-order valence-electron chi connectivity index (χ3n) is 3.90. The molecule has 3 aliphatic rings. The number of aliphatic hydroxyl groups is 1. The molecule has 0 bridgehead atoms. The van der Waals surface area contributed by atoms with Gasteiger partial charge in [-0.05, 0) is 25.2 Å². The van der Waals surface area contributed by atoms with E-state index in [0.717, 1.165) is 24.8 Å². The molecule has 0 spiro atoms. The van der Waals surface area contributed by atoms with Gasteiger partial charge in [0.15, 0.2) is 0 Å². The van der Waals surface area contributed by atoms with E-state index in [4.69, 9.17) is 0 Å². The van der Waals surface area contributed by atoms with E-state index in [1.54, 1.807) is 0 Å². The van der Waals surface area contributed by atoms with Gasteiger partial charge in [-0.25, -0.2) is 0 Å². The molecule has 0 aromatic carbocycles. The van der Waals surface area contributed by atoms with Crippen molar-refractivity contribution in [1.82, 2.24) is 0 Å². The van der Waals surface area contributed by atoms with Crippen LogP contribution in [0.4, 0.5) is 0 Å². The summed E-state index contributed by atoms with van der Waals surface area (Å²) in [5, 5.41) is 10.4. The predicted molar refractivity (Wildman–Crippen MR) is 84.5 cm³/mol. The van der Waals surface area contributed by atoms with Crippen LogP contribution in [0.15, 0.2) is 48.1 Å². The second-order valence-electron chi connectivity index (χ2n) is 5.46. The Labute approximate surface area is 139 Å². The summed E-state index contributed by atoms with van der Waals surface area (Å²) in [6.45, 7) is 2.10. The van der Waals surface area contributed by atoms with Gasteiger partial charge >= 0.3 is 0 Å². The number of rotatable bonds is 0. The van der Waals surface area contributed by atoms with Gasteiger partial charge in [-0.3, -0.25) is 0 Å². The van der Waals surface area contributed by atoms with Crippen molar-refractivity contribution < 1.29 is 22.2 Å². The Bertz CT molecular complexity index is 491. The molecule has 3 rings (SSSR count). The van der Waals surface area contributed by atoms with Gasteiger partial charge in [0.1, 0.15) is 5.60 Å². The van der Waals surface area contributed by atoms with Crippen molar-refractivity contribution in [3.63, 3.8) is 0 Å². The van der Waals surface area contributed by atoms with Crippen molar-refractivity contribution in [2.45, 2.75) is 38.2 Å². The molecule has 2 heteroatoms. The first kappa shape index (κ1) is 18.0. The Morgan fingerprint density at radius 3 is 2.38 bits per heavy atom. The van der Waals surface area contributed by atoms with Gasteiger partial charge in [-0.2, -0.15) is 0 Å². The van der Waals surface area contributed by atoms with E-state index in [2.05, 4.69) is 18.8 Å². The number of hydrogen-bond donors (Lipinski definition) is 1. The fourth-order valence-electron chi connectivity index (χ4n) is 2.47. The van der Waals surface area contributed by atoms with Crippen LogP contribution in [0.5, 0.6) is 0 Å². The first-order chi connectivity index (χ1) is 9.71. The van der Waals surface area contributed by atoms with E-state index in [-0.39, 0.29) is 17.1 Å². The molecule has 0 aliphatic heterocycles. The van der Waals surface area contributed by atoms with Crippen LogP contribution >= 0.6 is 0 Å². The van der Waals surface area contributed by atoms with Crippen LogP contribution in [0, 0.1) is 30.6 Å². The van der Waals surface area contributed by atoms with Crippen LogP contribution in [0.25, 0.3) is 0 Å². The molecular weight excluding hydrogens is 300 g/mol. The molecule has 1 nitrogen and oxygen atoms in total. The smallest absolute Gasteiger partial charge is 0.128 e. The molecule has 2 atom stereocenters. The Morgan fingerprint density at radius 1 is 1.10 bits per heavy atom. The van der Waals surface area contributed by atoms with E-state index >= 15 is 0 Å². The first-order valence-electron chi connectivity index (χ1n) is 7.35. The zero-order valence-corrected chi connectivity index (χ0v) is 13.5. The molecule has 1 saturated carbocycles. The molecule has 2 radical (unpaired) electrons. The quantitative estimate of drug-likeness (QED) is 0.529. The first-order valence-corrected chi connectivity index (χ1v) is 7.35. The molecule has 0 amide bonds. The van der Waals surface area contributed by atoms with Crippen molar-refractivity contribution in [2.75, 3.05) is 0 Å². The minimum Gasteiger partial charge on any atom is -0.377 e. The topological polar surface area (TPSA) is 20.2 Å². The summed E-state index contributed by atoms with van der Waals surface area (Å²) in [4.78, 5) is 0. The molecule has 3 aliphatic carbocycles. The molecule has 1 fully saturated rings. The average Bonchev–Trinajstić information content (AvgIpc) is 3.16. The van der Waals surface area contributed by atoms with Crippen LogP contribution < -0.4 is 0 Å². The molecule has 1 N–H and O–H groups in total. The van der Waals surface area contributed by atoms with Gasteiger partial charge in [0.2, 0.25) is 0 Å². The SMILES string of the molecule is CC1CCCCC1(O)C#CC1=C[CH]C=C1.[CH]1C=CC=C1.[Fe]. The number of hydrogen-bond acceptors (Lipinski definition) is 1. The maximum Gasteiger partial charge on any atom is 0.128 e. The molecule has 0 heterocycles. The maximum atomic E-state index is 10.4. The van der Waals surface area contributed by atoms with Crippen molar-refractivity contribution >= 4 is 0 Å². The molecule has 2 unspecified atom stereocenters. The van der Waals surface area contributed by atoms with E-state index in [0.29, 0.717) is 5.92 Å². The Morgan fingerprint density at radius 2 is 1.86 bits per heavy atom. The van der Waals surface area contributed by atoms with Crippen LogP contribution in [-0.4, -0.2) is 10.7 Å². The summed E-state index contributed by atoms with van der Waals surface area (Å²) >= 11 is 0. The van der Waals surface area contributed by atoms with E-state index in [1.165, 1.54) is 6.42 Å². The minimum atomic E-state index is -0.754. The van der Waals surface area contributed by atoms with E-state index in [9.17, 15) is 5.11 Å². The third kappa shape index (κ3) is 5.71. The van der Waals surface area contributed by atoms with Crippen LogP contribution in [0.2, 0.25) is 0 Å². The zero-order chi connectivity index (χ0) is 14.3. The summed E-state index contributed by atoms with van der Waals surface area (Å²) < 4.78 is 0.